The van der Waals surface area contributed by atoms with E-state index in [9.17, 15) is 13.2 Å². The molecule has 7 heteroatoms. The lowest BCUT2D eigenvalue weighted by Gasteiger charge is -2.37. The first-order chi connectivity index (χ1) is 7.22. The van der Waals surface area contributed by atoms with Gasteiger partial charge < -0.3 is 10.0 Å². The van der Waals surface area contributed by atoms with Crippen molar-refractivity contribution in [2.45, 2.75) is 19.8 Å². The zero-order valence-corrected chi connectivity index (χ0v) is 10.3. The molecule has 0 spiro atoms. The molecule has 0 atom stereocenters. The largest absolute Gasteiger partial charge is 0.465 e. The molecular formula is C9H17NO5S. The van der Waals surface area contributed by atoms with Crippen molar-refractivity contribution in [3.63, 3.8) is 0 Å². The molecule has 94 valence electrons. The molecule has 0 aromatic heterocycles. The van der Waals surface area contributed by atoms with Gasteiger partial charge in [-0.05, 0) is 18.3 Å². The Morgan fingerprint density at radius 1 is 1.44 bits per heavy atom. The van der Waals surface area contributed by atoms with Gasteiger partial charge in [-0.2, -0.15) is 8.42 Å². The van der Waals surface area contributed by atoms with Crippen LogP contribution in [0.2, 0.25) is 0 Å². The van der Waals surface area contributed by atoms with Gasteiger partial charge >= 0.3 is 6.09 Å². The molecule has 1 fully saturated rings. The van der Waals surface area contributed by atoms with E-state index < -0.39 is 16.2 Å². The van der Waals surface area contributed by atoms with Crippen molar-refractivity contribution in [3.05, 3.63) is 0 Å². The number of amides is 1. The molecule has 0 saturated carbocycles. The number of rotatable bonds is 3. The number of likely N-dealkylation sites (tertiary alicyclic amines) is 1. The summed E-state index contributed by atoms with van der Waals surface area (Å²) in [5.41, 5.74) is -0.255. The van der Waals surface area contributed by atoms with Gasteiger partial charge in [0.1, 0.15) is 0 Å². The van der Waals surface area contributed by atoms with Gasteiger partial charge in [0, 0.05) is 13.1 Å². The Morgan fingerprint density at radius 2 is 1.94 bits per heavy atom. The summed E-state index contributed by atoms with van der Waals surface area (Å²) in [5, 5.41) is 8.77. The van der Waals surface area contributed by atoms with Gasteiger partial charge in [0.2, 0.25) is 0 Å². The van der Waals surface area contributed by atoms with Gasteiger partial charge in [-0.1, -0.05) is 6.92 Å². The van der Waals surface area contributed by atoms with E-state index in [4.69, 9.17) is 9.29 Å². The molecule has 1 aliphatic heterocycles. The highest BCUT2D eigenvalue weighted by Crippen LogP contribution is 2.31. The summed E-state index contributed by atoms with van der Waals surface area (Å²) in [6.45, 7) is 2.90. The number of hydrogen-bond donors (Lipinski definition) is 1. The van der Waals surface area contributed by atoms with Crippen LogP contribution in [0.15, 0.2) is 0 Å². The average Bonchev–Trinajstić information content (AvgIpc) is 2.15. The Morgan fingerprint density at radius 3 is 2.31 bits per heavy atom. The minimum Gasteiger partial charge on any atom is -0.465 e. The summed E-state index contributed by atoms with van der Waals surface area (Å²) in [7, 11) is -3.42. The fourth-order valence-electron chi connectivity index (χ4n) is 1.63. The Kier molecular flexibility index (Phi) is 3.80. The third-order valence-electron chi connectivity index (χ3n) is 2.86. The van der Waals surface area contributed by atoms with Crippen LogP contribution in [0.5, 0.6) is 0 Å². The Bertz CT molecular complexity index is 356. The molecule has 0 unspecified atom stereocenters. The molecule has 1 rings (SSSR count). The van der Waals surface area contributed by atoms with Gasteiger partial charge in [-0.25, -0.2) is 4.79 Å². The molecule has 0 aromatic carbocycles. The fraction of sp³-hybridized carbons (Fsp3) is 0.889. The SMILES string of the molecule is CC1(COS(C)(=O)=O)CCN(C(=O)O)CC1. The van der Waals surface area contributed by atoms with E-state index in [1.54, 1.807) is 0 Å². The molecule has 6 nitrogen and oxygen atoms in total. The van der Waals surface area contributed by atoms with Crippen LogP contribution in [-0.4, -0.2) is 50.5 Å². The van der Waals surface area contributed by atoms with E-state index >= 15 is 0 Å². The summed E-state index contributed by atoms with van der Waals surface area (Å²) in [6, 6.07) is 0. The van der Waals surface area contributed by atoms with Gasteiger partial charge in [-0.15, -0.1) is 0 Å². The van der Waals surface area contributed by atoms with Crippen molar-refractivity contribution >= 4 is 16.2 Å². The maximum absolute atomic E-state index is 10.9. The quantitative estimate of drug-likeness (QED) is 0.748. The molecule has 16 heavy (non-hydrogen) atoms. The van der Waals surface area contributed by atoms with Crippen molar-refractivity contribution in [1.29, 1.82) is 0 Å². The van der Waals surface area contributed by atoms with Gasteiger partial charge in [0.15, 0.2) is 0 Å². The second-order valence-corrected chi connectivity index (χ2v) is 6.19. The summed E-state index contributed by atoms with van der Waals surface area (Å²) in [4.78, 5) is 12.0. The third kappa shape index (κ3) is 3.97. The topological polar surface area (TPSA) is 83.9 Å². The minimum absolute atomic E-state index is 0.124. The van der Waals surface area contributed by atoms with Crippen LogP contribution in [-0.2, 0) is 14.3 Å². The second kappa shape index (κ2) is 4.58. The summed E-state index contributed by atoms with van der Waals surface area (Å²) in [6.07, 6.45) is 1.33. The number of carboxylic acid groups (broad SMARTS) is 1. The maximum atomic E-state index is 10.9. The van der Waals surface area contributed by atoms with E-state index in [-0.39, 0.29) is 12.0 Å². The first-order valence-electron chi connectivity index (χ1n) is 5.04. The van der Waals surface area contributed by atoms with Crippen molar-refractivity contribution in [1.82, 2.24) is 4.90 Å². The van der Waals surface area contributed by atoms with E-state index in [1.165, 1.54) is 4.90 Å². The number of piperidine rings is 1. The van der Waals surface area contributed by atoms with Crippen LogP contribution in [0.1, 0.15) is 19.8 Å². The molecule has 1 N–H and O–H groups in total. The smallest absolute Gasteiger partial charge is 0.407 e. The summed E-state index contributed by atoms with van der Waals surface area (Å²) < 4.78 is 26.5. The van der Waals surface area contributed by atoms with Crippen molar-refractivity contribution in [2.75, 3.05) is 26.0 Å². The molecule has 1 saturated heterocycles. The molecular weight excluding hydrogens is 234 g/mol. The number of nitrogens with zero attached hydrogens (tertiary/aromatic N) is 1. The van der Waals surface area contributed by atoms with Crippen LogP contribution in [0.4, 0.5) is 4.79 Å². The van der Waals surface area contributed by atoms with Gasteiger partial charge in [0.05, 0.1) is 12.9 Å². The standard InChI is InChI=1S/C9H17NO5S/c1-9(7-15-16(2,13)14)3-5-10(6-4-9)8(11)12/h3-7H2,1-2H3,(H,11,12). The Labute approximate surface area is 95.3 Å². The predicted octanol–water partition coefficient (Wildman–Crippen LogP) is 0.743. The zero-order valence-electron chi connectivity index (χ0n) is 9.47. The van der Waals surface area contributed by atoms with Crippen LogP contribution >= 0.6 is 0 Å². The molecule has 0 aromatic rings. The molecule has 1 aliphatic rings. The van der Waals surface area contributed by atoms with Crippen LogP contribution < -0.4 is 0 Å². The lowest BCUT2D eigenvalue weighted by Crippen LogP contribution is -2.43. The number of carbonyl (C=O) groups is 1. The Balaban J connectivity index is 2.47. The van der Waals surface area contributed by atoms with Crippen molar-refractivity contribution < 1.29 is 22.5 Å². The fourth-order valence-corrected chi connectivity index (χ4v) is 2.13. The van der Waals surface area contributed by atoms with E-state index in [1.807, 2.05) is 6.92 Å². The Hall–Kier alpha value is -0.820. The lowest BCUT2D eigenvalue weighted by molar-refractivity contribution is 0.0677. The van der Waals surface area contributed by atoms with Crippen molar-refractivity contribution in [3.8, 4) is 0 Å². The summed E-state index contributed by atoms with van der Waals surface area (Å²) in [5.74, 6) is 0. The first kappa shape index (κ1) is 13.2. The molecule has 1 heterocycles. The van der Waals surface area contributed by atoms with Gasteiger partial charge in [-0.3, -0.25) is 4.18 Å². The molecule has 0 radical (unpaired) electrons. The van der Waals surface area contributed by atoms with E-state index in [0.29, 0.717) is 25.9 Å². The van der Waals surface area contributed by atoms with Crippen LogP contribution in [0, 0.1) is 5.41 Å². The molecule has 1 amide bonds. The highest BCUT2D eigenvalue weighted by Gasteiger charge is 2.33. The third-order valence-corrected chi connectivity index (χ3v) is 3.41. The number of hydrogen-bond acceptors (Lipinski definition) is 4. The minimum atomic E-state index is -3.42. The predicted molar refractivity (Wildman–Crippen MR) is 57.7 cm³/mol. The highest BCUT2D eigenvalue weighted by atomic mass is 32.2. The maximum Gasteiger partial charge on any atom is 0.407 e. The van der Waals surface area contributed by atoms with Crippen LogP contribution in [0.25, 0.3) is 0 Å². The van der Waals surface area contributed by atoms with Crippen molar-refractivity contribution in [2.24, 2.45) is 5.41 Å². The van der Waals surface area contributed by atoms with E-state index in [2.05, 4.69) is 0 Å². The summed E-state index contributed by atoms with van der Waals surface area (Å²) >= 11 is 0. The molecule has 0 aliphatic carbocycles. The zero-order chi connectivity index (χ0) is 12.4. The first-order valence-corrected chi connectivity index (χ1v) is 6.86. The normalized spacial score (nSPS) is 20.8. The monoisotopic (exact) mass is 251 g/mol. The van der Waals surface area contributed by atoms with E-state index in [0.717, 1.165) is 6.26 Å². The van der Waals surface area contributed by atoms with Gasteiger partial charge in [0.25, 0.3) is 10.1 Å². The highest BCUT2D eigenvalue weighted by molar-refractivity contribution is 7.85. The molecule has 0 bridgehead atoms. The average molecular weight is 251 g/mol. The lowest BCUT2D eigenvalue weighted by atomic mass is 9.81. The van der Waals surface area contributed by atoms with Crippen LogP contribution in [0.3, 0.4) is 0 Å². The second-order valence-electron chi connectivity index (χ2n) is 4.55.